The second-order valence-electron chi connectivity index (χ2n) is 4.24. The van der Waals surface area contributed by atoms with Gasteiger partial charge in [-0.1, -0.05) is 6.07 Å². The minimum absolute atomic E-state index is 0.0134. The molecular weight excluding hydrogens is 250 g/mol. The van der Waals surface area contributed by atoms with Crippen LogP contribution >= 0.6 is 11.8 Å². The number of nitrogens with one attached hydrogen (secondary N) is 2. The minimum atomic E-state index is -0.346. The first kappa shape index (κ1) is 12.9. The Kier molecular flexibility index (Phi) is 3.58. The average Bonchev–Trinajstić information content (AvgIpc) is 2.37. The van der Waals surface area contributed by atoms with Gasteiger partial charge in [0.05, 0.1) is 16.9 Å². The van der Waals surface area contributed by atoms with Gasteiger partial charge in [0.1, 0.15) is 0 Å². The Bertz CT molecular complexity index is 504. The molecule has 1 aliphatic rings. The van der Waals surface area contributed by atoms with Crippen LogP contribution in [0.15, 0.2) is 23.1 Å². The Morgan fingerprint density at radius 1 is 1.56 bits per heavy atom. The summed E-state index contributed by atoms with van der Waals surface area (Å²) in [6.45, 7) is 3.63. The van der Waals surface area contributed by atoms with Gasteiger partial charge in [-0.15, -0.1) is 11.8 Å². The standard InChI is InChI=1S/C12H15N3O2S/c1-6(11(16)15-13)8-3-4-10-9(5-8)14-12(17)7(2)18-10/h3-7H,13H2,1-2H3,(H,14,17)(H,15,16). The summed E-state index contributed by atoms with van der Waals surface area (Å²) in [5, 5.41) is 2.75. The van der Waals surface area contributed by atoms with E-state index in [9.17, 15) is 9.59 Å². The number of hydrogen-bond acceptors (Lipinski definition) is 4. The van der Waals surface area contributed by atoms with Crippen LogP contribution < -0.4 is 16.6 Å². The van der Waals surface area contributed by atoms with Crippen molar-refractivity contribution in [1.29, 1.82) is 0 Å². The number of thioether (sulfide) groups is 1. The molecule has 0 spiro atoms. The zero-order chi connectivity index (χ0) is 13.3. The van der Waals surface area contributed by atoms with Gasteiger partial charge in [0.2, 0.25) is 11.8 Å². The minimum Gasteiger partial charge on any atom is -0.324 e. The molecule has 0 radical (unpaired) electrons. The number of fused-ring (bicyclic) bond motifs is 1. The molecule has 2 rings (SSSR count). The van der Waals surface area contributed by atoms with E-state index in [2.05, 4.69) is 10.7 Å². The van der Waals surface area contributed by atoms with Crippen LogP contribution in [0.1, 0.15) is 25.3 Å². The van der Waals surface area contributed by atoms with Crippen molar-refractivity contribution >= 4 is 29.3 Å². The van der Waals surface area contributed by atoms with Crippen molar-refractivity contribution in [2.45, 2.75) is 29.9 Å². The molecule has 0 aliphatic carbocycles. The second kappa shape index (κ2) is 4.99. The van der Waals surface area contributed by atoms with Crippen molar-refractivity contribution in [2.24, 2.45) is 5.84 Å². The topological polar surface area (TPSA) is 84.2 Å². The Labute approximate surface area is 109 Å². The largest absolute Gasteiger partial charge is 0.324 e. The van der Waals surface area contributed by atoms with E-state index in [4.69, 9.17) is 5.84 Å². The van der Waals surface area contributed by atoms with Gasteiger partial charge in [0, 0.05) is 4.90 Å². The second-order valence-corrected chi connectivity index (χ2v) is 5.62. The number of amides is 2. The van der Waals surface area contributed by atoms with E-state index >= 15 is 0 Å². The van der Waals surface area contributed by atoms with Crippen LogP contribution in [-0.2, 0) is 9.59 Å². The molecule has 1 aromatic carbocycles. The summed E-state index contributed by atoms with van der Waals surface area (Å²) in [7, 11) is 0. The average molecular weight is 265 g/mol. The van der Waals surface area contributed by atoms with Crippen molar-refractivity contribution in [3.63, 3.8) is 0 Å². The highest BCUT2D eigenvalue weighted by molar-refractivity contribution is 8.00. The van der Waals surface area contributed by atoms with E-state index in [1.165, 1.54) is 11.8 Å². The lowest BCUT2D eigenvalue weighted by Gasteiger charge is -2.22. The molecule has 2 amide bonds. The van der Waals surface area contributed by atoms with Crippen molar-refractivity contribution in [3.05, 3.63) is 23.8 Å². The van der Waals surface area contributed by atoms with Crippen LogP contribution in [0.5, 0.6) is 0 Å². The summed E-state index contributed by atoms with van der Waals surface area (Å²) in [6, 6.07) is 5.63. The third-order valence-electron chi connectivity index (χ3n) is 2.97. The number of hydrogen-bond donors (Lipinski definition) is 3. The zero-order valence-electron chi connectivity index (χ0n) is 10.2. The van der Waals surface area contributed by atoms with Gasteiger partial charge in [-0.25, -0.2) is 5.84 Å². The van der Waals surface area contributed by atoms with E-state index in [1.807, 2.05) is 25.1 Å². The van der Waals surface area contributed by atoms with Gasteiger partial charge in [0.25, 0.3) is 0 Å². The predicted octanol–water partition coefficient (Wildman–Crippen LogP) is 1.21. The van der Waals surface area contributed by atoms with E-state index in [-0.39, 0.29) is 23.0 Å². The van der Waals surface area contributed by atoms with Crippen LogP contribution in [0.25, 0.3) is 0 Å². The van der Waals surface area contributed by atoms with Crippen molar-refractivity contribution in [2.75, 3.05) is 5.32 Å². The lowest BCUT2D eigenvalue weighted by Crippen LogP contribution is -2.33. The molecule has 0 saturated carbocycles. The van der Waals surface area contributed by atoms with Crippen molar-refractivity contribution in [3.8, 4) is 0 Å². The molecule has 0 aromatic heterocycles. The number of rotatable bonds is 2. The first-order chi connectivity index (χ1) is 8.52. The molecule has 96 valence electrons. The summed E-state index contributed by atoms with van der Waals surface area (Å²) in [6.07, 6.45) is 0. The Hall–Kier alpha value is -1.53. The quantitative estimate of drug-likeness (QED) is 0.426. The normalized spacial score (nSPS) is 19.7. The lowest BCUT2D eigenvalue weighted by molar-refractivity contribution is -0.122. The van der Waals surface area contributed by atoms with Crippen LogP contribution in [0.3, 0.4) is 0 Å². The van der Waals surface area contributed by atoms with Crippen LogP contribution in [0.4, 0.5) is 5.69 Å². The van der Waals surface area contributed by atoms with Gasteiger partial charge in [-0.2, -0.15) is 0 Å². The molecule has 0 saturated heterocycles. The maximum atomic E-state index is 11.6. The summed E-state index contributed by atoms with van der Waals surface area (Å²) >= 11 is 1.52. The predicted molar refractivity (Wildman–Crippen MR) is 71.1 cm³/mol. The lowest BCUT2D eigenvalue weighted by atomic mass is 10.00. The van der Waals surface area contributed by atoms with Crippen molar-refractivity contribution in [1.82, 2.24) is 5.43 Å². The molecule has 0 bridgehead atoms. The Morgan fingerprint density at radius 2 is 2.28 bits per heavy atom. The molecule has 6 heteroatoms. The molecule has 18 heavy (non-hydrogen) atoms. The molecule has 0 fully saturated rings. The van der Waals surface area contributed by atoms with Gasteiger partial charge >= 0.3 is 0 Å². The highest BCUT2D eigenvalue weighted by Crippen LogP contribution is 2.37. The molecule has 2 atom stereocenters. The first-order valence-corrected chi connectivity index (χ1v) is 6.53. The number of nitrogens with two attached hydrogens (primary N) is 1. The van der Waals surface area contributed by atoms with Gasteiger partial charge in [0.15, 0.2) is 0 Å². The fourth-order valence-corrected chi connectivity index (χ4v) is 2.70. The third kappa shape index (κ3) is 2.34. The number of carbonyl (C=O) groups is 2. The number of carbonyl (C=O) groups excluding carboxylic acids is 2. The van der Waals surface area contributed by atoms with Gasteiger partial charge < -0.3 is 5.32 Å². The number of anilines is 1. The third-order valence-corrected chi connectivity index (χ3v) is 4.15. The maximum Gasteiger partial charge on any atom is 0.241 e. The van der Waals surface area contributed by atoms with E-state index in [0.29, 0.717) is 0 Å². The van der Waals surface area contributed by atoms with Crippen molar-refractivity contribution < 1.29 is 9.59 Å². The number of benzene rings is 1. The molecule has 4 N–H and O–H groups in total. The molecule has 5 nitrogen and oxygen atoms in total. The van der Waals surface area contributed by atoms with Gasteiger partial charge in [-0.05, 0) is 31.5 Å². The fourth-order valence-electron chi connectivity index (χ4n) is 1.77. The first-order valence-electron chi connectivity index (χ1n) is 5.65. The monoisotopic (exact) mass is 265 g/mol. The van der Waals surface area contributed by atoms with E-state index < -0.39 is 0 Å². The van der Waals surface area contributed by atoms with E-state index in [0.717, 1.165) is 16.1 Å². The smallest absolute Gasteiger partial charge is 0.241 e. The summed E-state index contributed by atoms with van der Waals surface area (Å²) < 4.78 is 0. The van der Waals surface area contributed by atoms with Crippen LogP contribution in [0, 0.1) is 0 Å². The summed E-state index contributed by atoms with van der Waals surface area (Å²) in [5.41, 5.74) is 3.72. The summed E-state index contributed by atoms with van der Waals surface area (Å²) in [5.74, 6) is 4.50. The van der Waals surface area contributed by atoms with Gasteiger partial charge in [-0.3, -0.25) is 15.0 Å². The van der Waals surface area contributed by atoms with Crippen LogP contribution in [-0.4, -0.2) is 17.1 Å². The molecular formula is C12H15N3O2S. The summed E-state index contributed by atoms with van der Waals surface area (Å²) in [4.78, 5) is 24.1. The molecule has 2 unspecified atom stereocenters. The molecule has 1 aromatic rings. The van der Waals surface area contributed by atoms with E-state index in [1.54, 1.807) is 6.92 Å². The highest BCUT2D eigenvalue weighted by Gasteiger charge is 2.24. The molecule has 1 heterocycles. The fraction of sp³-hybridized carbons (Fsp3) is 0.333. The van der Waals surface area contributed by atoms with Crippen LogP contribution in [0.2, 0.25) is 0 Å². The SMILES string of the molecule is CC1Sc2ccc(C(C)C(=O)NN)cc2NC1=O. The molecule has 1 aliphatic heterocycles. The Morgan fingerprint density at radius 3 is 2.94 bits per heavy atom. The highest BCUT2D eigenvalue weighted by atomic mass is 32.2. The number of hydrazine groups is 1. The zero-order valence-corrected chi connectivity index (χ0v) is 11.0. The maximum absolute atomic E-state index is 11.6. The Balaban J connectivity index is 2.30.